The van der Waals surface area contributed by atoms with Crippen molar-refractivity contribution in [2.75, 3.05) is 11.4 Å². The van der Waals surface area contributed by atoms with Crippen LogP contribution in [0.1, 0.15) is 25.3 Å². The quantitative estimate of drug-likeness (QED) is 0.387. The summed E-state index contributed by atoms with van der Waals surface area (Å²) in [5.74, 6) is 0.109. The lowest BCUT2D eigenvalue weighted by molar-refractivity contribution is 0.318. The molecule has 20 heavy (non-hydrogen) atoms. The van der Waals surface area contributed by atoms with Crippen molar-refractivity contribution >= 4 is 22.4 Å². The Morgan fingerprint density at radius 3 is 2.85 bits per heavy atom. The number of aromatic nitrogens is 1. The molecule has 2 aromatic rings. The summed E-state index contributed by atoms with van der Waals surface area (Å²) < 4.78 is 0. The van der Waals surface area contributed by atoms with Crippen LogP contribution in [0.4, 0.5) is 5.69 Å². The lowest BCUT2D eigenvalue weighted by atomic mass is 10.1. The number of nitrogens with two attached hydrogens (primary N) is 1. The van der Waals surface area contributed by atoms with Crippen LogP contribution in [0.15, 0.2) is 35.6 Å². The number of oxime groups is 1. The van der Waals surface area contributed by atoms with Crippen molar-refractivity contribution < 1.29 is 5.21 Å². The molecule has 1 heterocycles. The van der Waals surface area contributed by atoms with E-state index in [1.54, 1.807) is 6.20 Å². The SMILES string of the molecule is CCN(c1c(/C(N)=N/O)cnc2ccccc12)C1CC1. The van der Waals surface area contributed by atoms with Gasteiger partial charge in [0, 0.05) is 24.2 Å². The first-order valence-electron chi connectivity index (χ1n) is 6.88. The first-order valence-corrected chi connectivity index (χ1v) is 6.88. The molecule has 1 saturated carbocycles. The Balaban J connectivity index is 2.27. The molecule has 0 bridgehead atoms. The van der Waals surface area contributed by atoms with Crippen LogP contribution < -0.4 is 10.6 Å². The van der Waals surface area contributed by atoms with Crippen LogP contribution in [0.25, 0.3) is 10.9 Å². The zero-order valence-electron chi connectivity index (χ0n) is 11.5. The largest absolute Gasteiger partial charge is 0.409 e. The molecule has 0 aliphatic heterocycles. The number of hydrogen-bond acceptors (Lipinski definition) is 4. The fraction of sp³-hybridized carbons (Fsp3) is 0.333. The Labute approximate surface area is 117 Å². The van der Waals surface area contributed by atoms with Gasteiger partial charge in [-0.1, -0.05) is 23.4 Å². The molecular formula is C15H18N4O. The van der Waals surface area contributed by atoms with Crippen LogP contribution in [0.3, 0.4) is 0 Å². The third kappa shape index (κ3) is 2.05. The van der Waals surface area contributed by atoms with Gasteiger partial charge in [-0.3, -0.25) is 4.98 Å². The summed E-state index contributed by atoms with van der Waals surface area (Å²) in [4.78, 5) is 6.74. The minimum Gasteiger partial charge on any atom is -0.409 e. The fourth-order valence-electron chi connectivity index (χ4n) is 2.66. The van der Waals surface area contributed by atoms with E-state index in [1.807, 2.05) is 24.3 Å². The van der Waals surface area contributed by atoms with Gasteiger partial charge in [0.2, 0.25) is 0 Å². The highest BCUT2D eigenvalue weighted by Crippen LogP contribution is 2.37. The van der Waals surface area contributed by atoms with Crippen LogP contribution in [0.2, 0.25) is 0 Å². The zero-order chi connectivity index (χ0) is 14.1. The van der Waals surface area contributed by atoms with Crippen molar-refractivity contribution in [2.45, 2.75) is 25.8 Å². The third-order valence-electron chi connectivity index (χ3n) is 3.75. The number of anilines is 1. The van der Waals surface area contributed by atoms with E-state index in [-0.39, 0.29) is 5.84 Å². The fourth-order valence-corrected chi connectivity index (χ4v) is 2.66. The third-order valence-corrected chi connectivity index (χ3v) is 3.75. The summed E-state index contributed by atoms with van der Waals surface area (Å²) in [5, 5.41) is 13.2. The van der Waals surface area contributed by atoms with Gasteiger partial charge in [0.25, 0.3) is 0 Å². The second-order valence-corrected chi connectivity index (χ2v) is 5.04. The zero-order valence-corrected chi connectivity index (χ0v) is 11.5. The summed E-state index contributed by atoms with van der Waals surface area (Å²) in [7, 11) is 0. The van der Waals surface area contributed by atoms with Gasteiger partial charge in [-0.15, -0.1) is 0 Å². The van der Waals surface area contributed by atoms with Crippen LogP contribution in [0.5, 0.6) is 0 Å². The molecule has 0 atom stereocenters. The molecule has 0 saturated heterocycles. The molecule has 1 aliphatic carbocycles. The highest BCUT2D eigenvalue weighted by molar-refractivity contribution is 6.08. The van der Waals surface area contributed by atoms with Gasteiger partial charge < -0.3 is 15.8 Å². The van der Waals surface area contributed by atoms with Crippen molar-refractivity contribution in [1.29, 1.82) is 0 Å². The van der Waals surface area contributed by atoms with Gasteiger partial charge in [0.1, 0.15) is 0 Å². The average molecular weight is 270 g/mol. The summed E-state index contributed by atoms with van der Waals surface area (Å²) in [5.41, 5.74) is 8.48. The van der Waals surface area contributed by atoms with Crippen molar-refractivity contribution in [2.24, 2.45) is 10.9 Å². The van der Waals surface area contributed by atoms with E-state index in [0.29, 0.717) is 11.6 Å². The number of para-hydroxylation sites is 1. The predicted molar refractivity (Wildman–Crippen MR) is 80.3 cm³/mol. The smallest absolute Gasteiger partial charge is 0.173 e. The second-order valence-electron chi connectivity index (χ2n) is 5.04. The van der Waals surface area contributed by atoms with E-state index in [0.717, 1.165) is 23.1 Å². The van der Waals surface area contributed by atoms with Crippen molar-refractivity contribution in [3.05, 3.63) is 36.0 Å². The topological polar surface area (TPSA) is 74.7 Å². The van der Waals surface area contributed by atoms with Crippen molar-refractivity contribution in [1.82, 2.24) is 4.98 Å². The van der Waals surface area contributed by atoms with Crippen molar-refractivity contribution in [3.8, 4) is 0 Å². The first kappa shape index (κ1) is 12.7. The summed E-state index contributed by atoms with van der Waals surface area (Å²) in [6.07, 6.45) is 4.08. The molecule has 1 aromatic heterocycles. The molecule has 104 valence electrons. The summed E-state index contributed by atoms with van der Waals surface area (Å²) in [6.45, 7) is 3.02. The van der Waals surface area contributed by atoms with Gasteiger partial charge >= 0.3 is 0 Å². The number of rotatable bonds is 4. The lowest BCUT2D eigenvalue weighted by Crippen LogP contribution is -2.29. The molecule has 5 nitrogen and oxygen atoms in total. The molecule has 5 heteroatoms. The number of pyridine rings is 1. The minimum atomic E-state index is 0.109. The molecule has 0 amide bonds. The standard InChI is InChI=1S/C15H18N4O/c1-2-19(10-7-8-10)14-11-5-3-4-6-13(11)17-9-12(14)15(16)18-20/h3-6,9-10,20H,2,7-8H2,1H3,(H2,16,18). The van der Waals surface area contributed by atoms with Gasteiger partial charge in [0.15, 0.2) is 5.84 Å². The van der Waals surface area contributed by atoms with Crippen LogP contribution in [0, 0.1) is 0 Å². The van der Waals surface area contributed by atoms with E-state index in [9.17, 15) is 0 Å². The number of hydrogen-bond donors (Lipinski definition) is 2. The Morgan fingerprint density at radius 1 is 1.45 bits per heavy atom. The second kappa shape index (κ2) is 5.00. The van der Waals surface area contributed by atoms with Crippen LogP contribution in [-0.2, 0) is 0 Å². The van der Waals surface area contributed by atoms with Gasteiger partial charge in [-0.25, -0.2) is 0 Å². The summed E-state index contributed by atoms with van der Waals surface area (Å²) >= 11 is 0. The normalized spacial score (nSPS) is 15.6. The number of nitrogens with zero attached hydrogens (tertiary/aromatic N) is 3. The molecular weight excluding hydrogens is 252 g/mol. The molecule has 0 spiro atoms. The maximum atomic E-state index is 9.01. The molecule has 1 fully saturated rings. The Bertz CT molecular complexity index is 664. The highest BCUT2D eigenvalue weighted by Gasteiger charge is 2.31. The molecule has 0 radical (unpaired) electrons. The number of amidine groups is 1. The monoisotopic (exact) mass is 270 g/mol. The molecule has 3 rings (SSSR count). The first-order chi connectivity index (χ1) is 9.76. The molecule has 3 N–H and O–H groups in total. The van der Waals surface area contributed by atoms with E-state index < -0.39 is 0 Å². The van der Waals surface area contributed by atoms with Crippen LogP contribution in [-0.4, -0.2) is 28.6 Å². The van der Waals surface area contributed by atoms with Gasteiger partial charge in [0.05, 0.1) is 16.8 Å². The van der Waals surface area contributed by atoms with E-state index in [1.165, 1.54) is 12.8 Å². The number of fused-ring (bicyclic) bond motifs is 1. The average Bonchev–Trinajstić information content (AvgIpc) is 3.32. The maximum absolute atomic E-state index is 9.01. The predicted octanol–water partition coefficient (Wildman–Crippen LogP) is 2.32. The Morgan fingerprint density at radius 2 is 2.20 bits per heavy atom. The Kier molecular flexibility index (Phi) is 3.18. The summed E-state index contributed by atoms with van der Waals surface area (Å²) in [6, 6.07) is 8.53. The Hall–Kier alpha value is -2.30. The molecule has 0 unspecified atom stereocenters. The van der Waals surface area contributed by atoms with Crippen LogP contribution >= 0.6 is 0 Å². The van der Waals surface area contributed by atoms with Gasteiger partial charge in [-0.05, 0) is 25.8 Å². The minimum absolute atomic E-state index is 0.109. The van der Waals surface area contributed by atoms with Crippen molar-refractivity contribution in [3.63, 3.8) is 0 Å². The van der Waals surface area contributed by atoms with Gasteiger partial charge in [-0.2, -0.15) is 0 Å². The maximum Gasteiger partial charge on any atom is 0.173 e. The molecule has 1 aliphatic rings. The lowest BCUT2D eigenvalue weighted by Gasteiger charge is -2.26. The molecule has 1 aromatic carbocycles. The highest BCUT2D eigenvalue weighted by atomic mass is 16.4. The van der Waals surface area contributed by atoms with E-state index in [2.05, 4.69) is 22.0 Å². The van der Waals surface area contributed by atoms with E-state index >= 15 is 0 Å². The van der Waals surface area contributed by atoms with E-state index in [4.69, 9.17) is 10.9 Å². The number of benzene rings is 1.